The largest absolute Gasteiger partial charge is 0.399 e. The number of rotatable bonds is 3. The molecule has 0 spiro atoms. The van der Waals surface area contributed by atoms with Crippen molar-refractivity contribution in [3.8, 4) is 0 Å². The molecule has 1 aliphatic carbocycles. The Morgan fingerprint density at radius 3 is 1.75 bits per heavy atom. The molecule has 0 bridgehead atoms. The Kier molecular flexibility index (Phi) is 4.45. The minimum absolute atomic E-state index is 0.0196. The first kappa shape index (κ1) is 19.0. The van der Waals surface area contributed by atoms with Gasteiger partial charge in [0.25, 0.3) is 24.3 Å². The quantitative estimate of drug-likeness (QED) is 0.325. The molecule has 1 aliphatic rings. The van der Waals surface area contributed by atoms with E-state index in [0.29, 0.717) is 11.8 Å². The zero-order valence-corrected chi connectivity index (χ0v) is 14.9. The number of alkyl halides is 2. The third-order valence-corrected chi connectivity index (χ3v) is 7.55. The zero-order chi connectivity index (χ0) is 18.6. The van der Waals surface area contributed by atoms with Gasteiger partial charge in [-0.05, 0) is 29.8 Å². The molecule has 1 aromatic rings. The number of nitrogens with two attached hydrogens (primary N) is 2. The molecule has 0 radical (unpaired) electrons. The SMILES string of the molecule is NC1=CC(S(=O)(=O)O)(S(=O)(=O)O)C(c2ccc(N)cc2)=CC1(Cl)Cl. The molecule has 6 N–H and O–H groups in total. The van der Waals surface area contributed by atoms with Crippen LogP contribution in [0.1, 0.15) is 5.56 Å². The molecule has 2 rings (SSSR count). The molecule has 0 unspecified atom stereocenters. The Morgan fingerprint density at radius 2 is 1.33 bits per heavy atom. The van der Waals surface area contributed by atoms with Crippen LogP contribution in [-0.4, -0.2) is 34.4 Å². The van der Waals surface area contributed by atoms with Crippen LogP contribution >= 0.6 is 23.2 Å². The fourth-order valence-electron chi connectivity index (χ4n) is 2.25. The third-order valence-electron chi connectivity index (χ3n) is 3.42. The maximum Gasteiger partial charge on any atom is 0.296 e. The second-order valence-electron chi connectivity index (χ2n) is 5.02. The van der Waals surface area contributed by atoms with E-state index in [4.69, 9.17) is 34.7 Å². The number of anilines is 1. The van der Waals surface area contributed by atoms with E-state index in [0.717, 1.165) is 6.08 Å². The van der Waals surface area contributed by atoms with E-state index in [1.165, 1.54) is 24.3 Å². The summed E-state index contributed by atoms with van der Waals surface area (Å²) in [6.07, 6.45) is 1.21. The molecular weight excluding hydrogens is 403 g/mol. The van der Waals surface area contributed by atoms with Crippen molar-refractivity contribution in [1.82, 2.24) is 0 Å². The van der Waals surface area contributed by atoms with Gasteiger partial charge in [-0.2, -0.15) is 16.8 Å². The van der Waals surface area contributed by atoms with E-state index in [-0.39, 0.29) is 5.56 Å². The van der Waals surface area contributed by atoms with Gasteiger partial charge in [-0.3, -0.25) is 9.11 Å². The summed E-state index contributed by atoms with van der Waals surface area (Å²) in [7, 11) is -10.9. The number of halogens is 2. The fraction of sp³-hybridized carbons (Fsp3) is 0.167. The van der Waals surface area contributed by atoms with Crippen LogP contribution in [0.3, 0.4) is 0 Å². The van der Waals surface area contributed by atoms with E-state index in [1.807, 2.05) is 0 Å². The average Bonchev–Trinajstić information content (AvgIpc) is 2.39. The number of allylic oxidation sites excluding steroid dienone is 1. The van der Waals surface area contributed by atoms with Crippen molar-refractivity contribution < 1.29 is 25.9 Å². The Hall–Kier alpha value is -1.30. The Balaban J connectivity index is 2.97. The van der Waals surface area contributed by atoms with Crippen LogP contribution in [0.25, 0.3) is 5.57 Å². The van der Waals surface area contributed by atoms with E-state index < -0.39 is 39.9 Å². The maximum absolute atomic E-state index is 11.9. The van der Waals surface area contributed by atoms with Crippen molar-refractivity contribution in [2.24, 2.45) is 5.73 Å². The van der Waals surface area contributed by atoms with Crippen LogP contribution in [0.4, 0.5) is 5.69 Å². The molecule has 0 amide bonds. The summed E-state index contributed by atoms with van der Waals surface area (Å²) < 4.78 is 61.6. The Bertz CT molecular complexity index is 918. The summed E-state index contributed by atoms with van der Waals surface area (Å²) in [6, 6.07) is 5.23. The van der Waals surface area contributed by atoms with Crippen LogP contribution in [0.2, 0.25) is 0 Å². The van der Waals surface area contributed by atoms with Crippen LogP contribution < -0.4 is 11.5 Å². The van der Waals surface area contributed by atoms with Gasteiger partial charge in [-0.15, -0.1) is 0 Å². The Labute approximate surface area is 148 Å². The van der Waals surface area contributed by atoms with E-state index >= 15 is 0 Å². The summed E-state index contributed by atoms with van der Waals surface area (Å²) >= 11 is 11.9. The lowest BCUT2D eigenvalue weighted by Gasteiger charge is -2.34. The first-order chi connectivity index (χ1) is 10.7. The smallest absolute Gasteiger partial charge is 0.296 e. The number of hydrogen-bond donors (Lipinski definition) is 4. The van der Waals surface area contributed by atoms with Crippen molar-refractivity contribution in [3.05, 3.63) is 47.7 Å². The molecule has 8 nitrogen and oxygen atoms in total. The third kappa shape index (κ3) is 2.89. The molecule has 12 heteroatoms. The van der Waals surface area contributed by atoms with Crippen molar-refractivity contribution in [2.75, 3.05) is 5.73 Å². The maximum atomic E-state index is 11.9. The van der Waals surface area contributed by atoms with Crippen molar-refractivity contribution in [1.29, 1.82) is 0 Å². The van der Waals surface area contributed by atoms with E-state index in [1.54, 1.807) is 0 Å². The van der Waals surface area contributed by atoms with Gasteiger partial charge in [0.15, 0.2) is 4.33 Å². The predicted octanol–water partition coefficient (Wildman–Crippen LogP) is 1.15. The van der Waals surface area contributed by atoms with Gasteiger partial charge in [0.1, 0.15) is 0 Å². The highest BCUT2D eigenvalue weighted by Gasteiger charge is 2.59. The fourth-order valence-corrected chi connectivity index (χ4v) is 5.10. The number of nitrogen functional groups attached to an aromatic ring is 1. The minimum Gasteiger partial charge on any atom is -0.399 e. The normalized spacial score (nSPS) is 20.2. The molecule has 0 heterocycles. The van der Waals surface area contributed by atoms with Gasteiger partial charge in [0.2, 0.25) is 0 Å². The van der Waals surface area contributed by atoms with Crippen molar-refractivity contribution in [3.63, 3.8) is 0 Å². The van der Waals surface area contributed by atoms with E-state index in [9.17, 15) is 25.9 Å². The van der Waals surface area contributed by atoms with Crippen LogP contribution in [0.5, 0.6) is 0 Å². The topological polar surface area (TPSA) is 161 Å². The predicted molar refractivity (Wildman–Crippen MR) is 91.4 cm³/mol. The van der Waals surface area contributed by atoms with Gasteiger partial charge < -0.3 is 11.5 Å². The zero-order valence-electron chi connectivity index (χ0n) is 11.7. The molecular formula is C12H12Cl2N2O6S2. The van der Waals surface area contributed by atoms with Crippen molar-refractivity contribution in [2.45, 2.75) is 8.41 Å². The average molecular weight is 415 g/mol. The lowest BCUT2D eigenvalue weighted by molar-refractivity contribution is 0.451. The second kappa shape index (κ2) is 5.61. The molecule has 0 aliphatic heterocycles. The van der Waals surface area contributed by atoms with Gasteiger partial charge in [-0.1, -0.05) is 35.3 Å². The first-order valence-electron chi connectivity index (χ1n) is 6.12. The summed E-state index contributed by atoms with van der Waals surface area (Å²) in [5.41, 5.74) is 10.2. The molecule has 24 heavy (non-hydrogen) atoms. The molecule has 132 valence electrons. The van der Waals surface area contributed by atoms with Gasteiger partial charge in [-0.25, -0.2) is 0 Å². The lowest BCUT2D eigenvalue weighted by Crippen LogP contribution is -2.49. The summed E-state index contributed by atoms with van der Waals surface area (Å²) in [6.45, 7) is 0. The monoisotopic (exact) mass is 414 g/mol. The molecule has 0 fully saturated rings. The van der Waals surface area contributed by atoms with Gasteiger partial charge in [0, 0.05) is 17.0 Å². The molecule has 0 saturated carbocycles. The minimum atomic E-state index is -5.45. The summed E-state index contributed by atoms with van der Waals surface area (Å²) in [5, 5.41) is 0. The van der Waals surface area contributed by atoms with Crippen LogP contribution in [-0.2, 0) is 20.2 Å². The molecule has 0 saturated heterocycles. The second-order valence-corrected chi connectivity index (χ2v) is 9.85. The highest BCUT2D eigenvalue weighted by molar-refractivity contribution is 8.06. The highest BCUT2D eigenvalue weighted by Crippen LogP contribution is 2.48. The van der Waals surface area contributed by atoms with Crippen molar-refractivity contribution >= 4 is 54.7 Å². The van der Waals surface area contributed by atoms with Crippen LogP contribution in [0, 0.1) is 0 Å². The van der Waals surface area contributed by atoms with Crippen LogP contribution in [0.15, 0.2) is 42.1 Å². The number of hydrogen-bond acceptors (Lipinski definition) is 6. The molecule has 0 atom stereocenters. The summed E-state index contributed by atoms with van der Waals surface area (Å²) in [4.78, 5) is 0. The first-order valence-corrected chi connectivity index (χ1v) is 9.76. The highest BCUT2D eigenvalue weighted by atomic mass is 35.5. The molecule has 0 aromatic heterocycles. The van der Waals surface area contributed by atoms with E-state index in [2.05, 4.69) is 0 Å². The summed E-state index contributed by atoms with van der Waals surface area (Å²) in [5.74, 6) is 0. The molecule has 1 aromatic carbocycles. The Morgan fingerprint density at radius 1 is 0.875 bits per heavy atom. The van der Waals surface area contributed by atoms with Gasteiger partial charge in [0.05, 0.1) is 0 Å². The number of benzene rings is 1. The van der Waals surface area contributed by atoms with Gasteiger partial charge >= 0.3 is 0 Å². The lowest BCUT2D eigenvalue weighted by atomic mass is 9.95. The standard InChI is InChI=1S/C12H12Cl2N2O6S2/c13-11(14)5-9(7-1-3-8(15)4-2-7)12(6-10(11)16,23(17,18)19)24(20,21)22/h1-6H,15-16H2,(H,17,18,19)(H,20,21,22).